The highest BCUT2D eigenvalue weighted by molar-refractivity contribution is 7.89. The molecule has 0 saturated heterocycles. The van der Waals surface area contributed by atoms with E-state index in [-0.39, 0.29) is 11.6 Å². The number of aromatic nitrogens is 2. The molecule has 0 amide bonds. The van der Waals surface area contributed by atoms with Crippen molar-refractivity contribution in [3.05, 3.63) is 12.0 Å². The van der Waals surface area contributed by atoms with Crippen LogP contribution < -0.4 is 0 Å². The normalized spacial score (nSPS) is 11.8. The molecule has 0 atom stereocenters. The molecule has 1 aromatic heterocycles. The number of nitrogens with zero attached hydrogens (tertiary/aromatic N) is 2. The van der Waals surface area contributed by atoms with Gasteiger partial charge in [-0.1, -0.05) is 0 Å². The van der Waals surface area contributed by atoms with Crippen LogP contribution in [0.15, 0.2) is 6.20 Å². The molecular weight excluding hydrogens is 180 g/mol. The summed E-state index contributed by atoms with van der Waals surface area (Å²) in [6.45, 7) is 0. The van der Waals surface area contributed by atoms with Gasteiger partial charge in [0.05, 0.1) is 6.20 Å². The van der Waals surface area contributed by atoms with Gasteiger partial charge in [0.25, 0.3) is 0 Å². The smallest absolute Gasteiger partial charge is 0.229 e. The van der Waals surface area contributed by atoms with Gasteiger partial charge < -0.3 is 9.67 Å². The molecule has 0 radical (unpaired) electrons. The first-order valence-corrected chi connectivity index (χ1v) is 5.33. The van der Waals surface area contributed by atoms with Crippen LogP contribution in [-0.2, 0) is 22.6 Å². The predicted molar refractivity (Wildman–Crippen MR) is 43.4 cm³/mol. The fourth-order valence-electron chi connectivity index (χ4n) is 0.856. The van der Waals surface area contributed by atoms with Crippen LogP contribution in [0.1, 0.15) is 5.82 Å². The van der Waals surface area contributed by atoms with Crippen molar-refractivity contribution < 1.29 is 13.5 Å². The summed E-state index contributed by atoms with van der Waals surface area (Å²) in [4.78, 5) is 3.63. The van der Waals surface area contributed by atoms with Gasteiger partial charge >= 0.3 is 0 Å². The van der Waals surface area contributed by atoms with Crippen molar-refractivity contribution >= 4 is 9.84 Å². The summed E-state index contributed by atoms with van der Waals surface area (Å²) >= 11 is 0. The van der Waals surface area contributed by atoms with Crippen molar-refractivity contribution in [1.82, 2.24) is 9.55 Å². The quantitative estimate of drug-likeness (QED) is 0.693. The molecule has 1 N–H and O–H groups in total. The lowest BCUT2D eigenvalue weighted by Crippen LogP contribution is -2.06. The molecular formula is C6H10N2O3S. The van der Waals surface area contributed by atoms with E-state index in [0.717, 1.165) is 6.26 Å². The first-order chi connectivity index (χ1) is 5.38. The third-order valence-electron chi connectivity index (χ3n) is 1.35. The summed E-state index contributed by atoms with van der Waals surface area (Å²) < 4.78 is 23.1. The Morgan fingerprint density at radius 3 is 2.58 bits per heavy atom. The minimum Gasteiger partial charge on any atom is -0.492 e. The molecule has 0 aromatic carbocycles. The number of imidazole rings is 1. The van der Waals surface area contributed by atoms with Crippen molar-refractivity contribution in [1.29, 1.82) is 0 Å². The zero-order valence-electron chi connectivity index (χ0n) is 6.85. The van der Waals surface area contributed by atoms with Crippen molar-refractivity contribution in [2.45, 2.75) is 5.75 Å². The van der Waals surface area contributed by atoms with E-state index in [2.05, 4.69) is 4.98 Å². The number of aryl methyl sites for hydroxylation is 1. The average Bonchev–Trinajstić information content (AvgIpc) is 2.06. The minimum atomic E-state index is -3.08. The molecule has 1 rings (SSSR count). The third-order valence-corrected chi connectivity index (χ3v) is 2.13. The van der Waals surface area contributed by atoms with E-state index in [1.807, 2.05) is 0 Å². The summed E-state index contributed by atoms with van der Waals surface area (Å²) in [7, 11) is -1.45. The van der Waals surface area contributed by atoms with Gasteiger partial charge in [0.2, 0.25) is 5.88 Å². The second-order valence-corrected chi connectivity index (χ2v) is 4.84. The molecule has 1 heterocycles. The fraction of sp³-hybridized carbons (Fsp3) is 0.500. The van der Waals surface area contributed by atoms with Crippen LogP contribution in [0.3, 0.4) is 0 Å². The molecule has 0 spiro atoms. The molecule has 0 fully saturated rings. The maximum absolute atomic E-state index is 10.8. The number of sulfone groups is 1. The largest absolute Gasteiger partial charge is 0.492 e. The molecule has 5 nitrogen and oxygen atoms in total. The van der Waals surface area contributed by atoms with Crippen molar-refractivity contribution in [2.75, 3.05) is 6.26 Å². The first kappa shape index (κ1) is 9.05. The fourth-order valence-corrected chi connectivity index (χ4v) is 1.59. The van der Waals surface area contributed by atoms with Gasteiger partial charge in [-0.25, -0.2) is 8.42 Å². The van der Waals surface area contributed by atoms with Crippen LogP contribution in [0.2, 0.25) is 0 Å². The van der Waals surface area contributed by atoms with Gasteiger partial charge in [0, 0.05) is 13.3 Å². The number of hydrogen-bond donors (Lipinski definition) is 1. The summed E-state index contributed by atoms with van der Waals surface area (Å²) in [6, 6.07) is 0. The maximum Gasteiger partial charge on any atom is 0.229 e. The average molecular weight is 190 g/mol. The Bertz CT molecular complexity index is 379. The lowest BCUT2D eigenvalue weighted by atomic mass is 10.7. The topological polar surface area (TPSA) is 72.2 Å². The van der Waals surface area contributed by atoms with Crippen LogP contribution in [0.25, 0.3) is 0 Å². The third kappa shape index (κ3) is 2.23. The standard InChI is InChI=1S/C6H10N2O3S/c1-8-3-6(9)7-5(8)4-12(2,10)11/h3,9H,4H2,1-2H3. The van der Waals surface area contributed by atoms with Gasteiger partial charge in [-0.15, -0.1) is 0 Å². The molecule has 0 aliphatic rings. The van der Waals surface area contributed by atoms with E-state index in [1.54, 1.807) is 7.05 Å². The van der Waals surface area contributed by atoms with E-state index in [1.165, 1.54) is 10.8 Å². The minimum absolute atomic E-state index is 0.149. The monoisotopic (exact) mass is 190 g/mol. The zero-order chi connectivity index (χ0) is 9.35. The molecule has 0 aliphatic carbocycles. The molecule has 68 valence electrons. The van der Waals surface area contributed by atoms with Gasteiger partial charge in [-0.05, 0) is 0 Å². The van der Waals surface area contributed by atoms with Gasteiger partial charge in [-0.2, -0.15) is 4.98 Å². The summed E-state index contributed by atoms with van der Waals surface area (Å²) in [5.74, 6) is 0.0375. The number of aromatic hydroxyl groups is 1. The van der Waals surface area contributed by atoms with E-state index in [9.17, 15) is 8.42 Å². The van der Waals surface area contributed by atoms with Crippen LogP contribution >= 0.6 is 0 Å². The molecule has 1 aromatic rings. The van der Waals surface area contributed by atoms with Gasteiger partial charge in [-0.3, -0.25) is 0 Å². The SMILES string of the molecule is Cn1cc(O)nc1CS(C)(=O)=O. The summed E-state index contributed by atoms with van der Waals surface area (Å²) in [6.07, 6.45) is 2.49. The van der Waals surface area contributed by atoms with Gasteiger partial charge in [0.1, 0.15) is 11.6 Å². The van der Waals surface area contributed by atoms with Crippen LogP contribution in [0.4, 0.5) is 0 Å². The Morgan fingerprint density at radius 2 is 2.25 bits per heavy atom. The van der Waals surface area contributed by atoms with Crippen molar-refractivity contribution in [2.24, 2.45) is 7.05 Å². The van der Waals surface area contributed by atoms with Crippen LogP contribution in [-0.4, -0.2) is 29.3 Å². The lowest BCUT2D eigenvalue weighted by molar-refractivity contribution is 0.455. The molecule has 0 unspecified atom stereocenters. The highest BCUT2D eigenvalue weighted by Crippen LogP contribution is 2.09. The zero-order valence-corrected chi connectivity index (χ0v) is 7.67. The molecule has 0 saturated carbocycles. The second-order valence-electron chi connectivity index (χ2n) is 2.70. The molecule has 6 heteroatoms. The molecule has 0 aliphatic heterocycles. The lowest BCUT2D eigenvalue weighted by Gasteiger charge is -1.97. The van der Waals surface area contributed by atoms with Crippen LogP contribution in [0, 0.1) is 0 Å². The van der Waals surface area contributed by atoms with Crippen molar-refractivity contribution in [3.63, 3.8) is 0 Å². The summed E-state index contributed by atoms with van der Waals surface area (Å²) in [5, 5.41) is 8.90. The van der Waals surface area contributed by atoms with Crippen molar-refractivity contribution in [3.8, 4) is 5.88 Å². The predicted octanol–water partition coefficient (Wildman–Crippen LogP) is -0.330. The highest BCUT2D eigenvalue weighted by atomic mass is 32.2. The Labute approximate surface area is 70.6 Å². The van der Waals surface area contributed by atoms with E-state index in [4.69, 9.17) is 5.11 Å². The van der Waals surface area contributed by atoms with E-state index in [0.29, 0.717) is 5.82 Å². The second kappa shape index (κ2) is 2.78. The maximum atomic E-state index is 10.8. The van der Waals surface area contributed by atoms with Gasteiger partial charge in [0.15, 0.2) is 9.84 Å². The Balaban J connectivity index is 2.97. The highest BCUT2D eigenvalue weighted by Gasteiger charge is 2.10. The summed E-state index contributed by atoms with van der Waals surface area (Å²) in [5.41, 5.74) is 0. The number of rotatable bonds is 2. The molecule has 0 bridgehead atoms. The van der Waals surface area contributed by atoms with E-state index >= 15 is 0 Å². The van der Waals surface area contributed by atoms with E-state index < -0.39 is 9.84 Å². The Hall–Kier alpha value is -1.04. The Kier molecular flexibility index (Phi) is 2.10. The first-order valence-electron chi connectivity index (χ1n) is 3.27. The number of hydrogen-bond acceptors (Lipinski definition) is 4. The molecule has 12 heavy (non-hydrogen) atoms. The van der Waals surface area contributed by atoms with Crippen LogP contribution in [0.5, 0.6) is 5.88 Å². The Morgan fingerprint density at radius 1 is 1.67 bits per heavy atom.